The first-order valence-electron chi connectivity index (χ1n) is 7.34. The Bertz CT molecular complexity index is 407. The molecular formula is C16H26Cl2N2. The Labute approximate surface area is 133 Å². The fraction of sp³-hybridized carbons (Fsp3) is 0.625. The minimum absolute atomic E-state index is 0.252. The summed E-state index contributed by atoms with van der Waals surface area (Å²) in [6.45, 7) is 8.60. The van der Waals surface area contributed by atoms with Crippen molar-refractivity contribution in [3.05, 3.63) is 33.8 Å². The molecule has 2 nitrogen and oxygen atoms in total. The molecule has 0 heterocycles. The molecule has 114 valence electrons. The highest BCUT2D eigenvalue weighted by molar-refractivity contribution is 6.42. The van der Waals surface area contributed by atoms with Crippen molar-refractivity contribution in [3.63, 3.8) is 0 Å². The van der Waals surface area contributed by atoms with Crippen LogP contribution in [-0.4, -0.2) is 31.1 Å². The van der Waals surface area contributed by atoms with Crippen LogP contribution in [0.25, 0.3) is 0 Å². The summed E-state index contributed by atoms with van der Waals surface area (Å²) in [4.78, 5) is 2.35. The molecule has 1 atom stereocenters. The summed E-state index contributed by atoms with van der Waals surface area (Å²) in [5.74, 6) is 0. The predicted molar refractivity (Wildman–Crippen MR) is 89.9 cm³/mol. The number of nitrogens with zero attached hydrogens (tertiary/aromatic N) is 1. The average molecular weight is 317 g/mol. The Hall–Kier alpha value is -0.280. The zero-order chi connectivity index (χ0) is 15.1. The lowest BCUT2D eigenvalue weighted by Gasteiger charge is -2.26. The van der Waals surface area contributed by atoms with E-state index < -0.39 is 0 Å². The second kappa shape index (κ2) is 8.89. The van der Waals surface area contributed by atoms with Crippen LogP contribution in [0, 0.1) is 0 Å². The molecule has 0 amide bonds. The molecule has 0 saturated heterocycles. The third kappa shape index (κ3) is 5.25. The molecule has 1 N–H and O–H groups in total. The maximum atomic E-state index is 6.36. The summed E-state index contributed by atoms with van der Waals surface area (Å²) in [6, 6.07) is 6.68. The maximum absolute atomic E-state index is 6.36. The Kier molecular flexibility index (Phi) is 7.90. The summed E-state index contributed by atoms with van der Waals surface area (Å²) in [5, 5.41) is 4.88. The first kappa shape index (κ1) is 17.8. The number of halogens is 2. The van der Waals surface area contributed by atoms with Crippen molar-refractivity contribution in [1.29, 1.82) is 0 Å². The van der Waals surface area contributed by atoms with E-state index in [-0.39, 0.29) is 6.04 Å². The monoisotopic (exact) mass is 316 g/mol. The van der Waals surface area contributed by atoms with Crippen molar-refractivity contribution < 1.29 is 0 Å². The lowest BCUT2D eigenvalue weighted by molar-refractivity contribution is 0.256. The lowest BCUT2D eigenvalue weighted by Crippen LogP contribution is -2.31. The molecule has 0 aromatic heterocycles. The van der Waals surface area contributed by atoms with E-state index in [0.29, 0.717) is 16.1 Å². The largest absolute Gasteiger partial charge is 0.310 e. The van der Waals surface area contributed by atoms with Crippen LogP contribution in [0.1, 0.15) is 45.2 Å². The Balaban J connectivity index is 2.80. The van der Waals surface area contributed by atoms with E-state index in [9.17, 15) is 0 Å². The summed E-state index contributed by atoms with van der Waals surface area (Å²) in [6.07, 6.45) is 2.13. The number of nitrogens with one attached hydrogen (secondary N) is 1. The molecule has 1 rings (SSSR count). The van der Waals surface area contributed by atoms with Gasteiger partial charge in [0.1, 0.15) is 0 Å². The van der Waals surface area contributed by atoms with Crippen LogP contribution < -0.4 is 5.32 Å². The third-order valence-corrected chi connectivity index (χ3v) is 4.48. The van der Waals surface area contributed by atoms with Crippen molar-refractivity contribution in [1.82, 2.24) is 10.2 Å². The molecule has 4 heteroatoms. The summed E-state index contributed by atoms with van der Waals surface area (Å²) >= 11 is 12.5. The Morgan fingerprint density at radius 1 is 1.25 bits per heavy atom. The average Bonchev–Trinajstić information content (AvgIpc) is 2.42. The second-order valence-corrected chi connectivity index (χ2v) is 6.30. The van der Waals surface area contributed by atoms with E-state index in [1.165, 1.54) is 0 Å². The van der Waals surface area contributed by atoms with Crippen molar-refractivity contribution in [2.24, 2.45) is 0 Å². The maximum Gasteiger partial charge on any atom is 0.0640 e. The second-order valence-electron chi connectivity index (χ2n) is 5.51. The van der Waals surface area contributed by atoms with Gasteiger partial charge in [0.05, 0.1) is 10.0 Å². The molecule has 0 bridgehead atoms. The number of hydrogen-bond acceptors (Lipinski definition) is 2. The Morgan fingerprint density at radius 2 is 1.95 bits per heavy atom. The van der Waals surface area contributed by atoms with Crippen molar-refractivity contribution in [3.8, 4) is 0 Å². The van der Waals surface area contributed by atoms with E-state index in [1.54, 1.807) is 0 Å². The van der Waals surface area contributed by atoms with Crippen LogP contribution in [0.4, 0.5) is 0 Å². The van der Waals surface area contributed by atoms with Gasteiger partial charge in [-0.3, -0.25) is 0 Å². The molecule has 0 spiro atoms. The molecule has 1 aromatic rings. The van der Waals surface area contributed by atoms with Gasteiger partial charge in [0.15, 0.2) is 0 Å². The topological polar surface area (TPSA) is 15.3 Å². The molecule has 0 radical (unpaired) electrons. The molecule has 0 fully saturated rings. The minimum atomic E-state index is 0.252. The standard InChI is InChI=1S/C16H26Cl2N2/c1-5-10-19-15(9-11-20(4)12(2)3)13-7-6-8-14(17)16(13)18/h6-8,12,15,19H,5,9-11H2,1-4H3. The zero-order valence-corrected chi connectivity index (χ0v) is 14.4. The van der Waals surface area contributed by atoms with Crippen LogP contribution in [0.3, 0.4) is 0 Å². The number of rotatable bonds is 8. The molecule has 1 unspecified atom stereocenters. The first-order valence-corrected chi connectivity index (χ1v) is 8.10. The van der Waals surface area contributed by atoms with E-state index in [2.05, 4.69) is 44.1 Å². The van der Waals surface area contributed by atoms with Gasteiger partial charge in [-0.05, 0) is 58.5 Å². The van der Waals surface area contributed by atoms with Gasteiger partial charge in [0.25, 0.3) is 0 Å². The molecule has 0 aliphatic heterocycles. The molecule has 0 aliphatic rings. The highest BCUT2D eigenvalue weighted by Crippen LogP contribution is 2.31. The van der Waals surface area contributed by atoms with Crippen LogP contribution >= 0.6 is 23.2 Å². The quantitative estimate of drug-likeness (QED) is 0.743. The van der Waals surface area contributed by atoms with Gasteiger partial charge in [-0.2, -0.15) is 0 Å². The fourth-order valence-corrected chi connectivity index (χ4v) is 2.51. The van der Waals surface area contributed by atoms with E-state index in [0.717, 1.165) is 31.5 Å². The normalized spacial score (nSPS) is 13.2. The molecule has 1 aromatic carbocycles. The van der Waals surface area contributed by atoms with Gasteiger partial charge in [0.2, 0.25) is 0 Å². The van der Waals surface area contributed by atoms with E-state index in [1.807, 2.05) is 12.1 Å². The SMILES string of the molecule is CCCNC(CCN(C)C(C)C)c1cccc(Cl)c1Cl. The number of benzene rings is 1. The third-order valence-electron chi connectivity index (χ3n) is 3.65. The zero-order valence-electron chi connectivity index (χ0n) is 12.9. The highest BCUT2D eigenvalue weighted by Gasteiger charge is 2.16. The highest BCUT2D eigenvalue weighted by atomic mass is 35.5. The van der Waals surface area contributed by atoms with E-state index >= 15 is 0 Å². The summed E-state index contributed by atoms with van der Waals surface area (Å²) < 4.78 is 0. The van der Waals surface area contributed by atoms with Gasteiger partial charge >= 0.3 is 0 Å². The molecule has 20 heavy (non-hydrogen) atoms. The van der Waals surface area contributed by atoms with Crippen LogP contribution in [0.15, 0.2) is 18.2 Å². The molecular weight excluding hydrogens is 291 g/mol. The van der Waals surface area contributed by atoms with Crippen LogP contribution in [0.5, 0.6) is 0 Å². The Morgan fingerprint density at radius 3 is 2.55 bits per heavy atom. The van der Waals surface area contributed by atoms with Crippen molar-refractivity contribution in [2.75, 3.05) is 20.1 Å². The van der Waals surface area contributed by atoms with Gasteiger partial charge in [0, 0.05) is 12.1 Å². The fourth-order valence-electron chi connectivity index (χ4n) is 2.07. The van der Waals surface area contributed by atoms with E-state index in [4.69, 9.17) is 23.2 Å². The minimum Gasteiger partial charge on any atom is -0.310 e. The van der Waals surface area contributed by atoms with Crippen molar-refractivity contribution >= 4 is 23.2 Å². The number of hydrogen-bond donors (Lipinski definition) is 1. The summed E-state index contributed by atoms with van der Waals surface area (Å²) in [7, 11) is 2.15. The van der Waals surface area contributed by atoms with Gasteiger partial charge in [-0.1, -0.05) is 42.3 Å². The summed E-state index contributed by atoms with van der Waals surface area (Å²) in [5.41, 5.74) is 1.10. The lowest BCUT2D eigenvalue weighted by atomic mass is 10.0. The smallest absolute Gasteiger partial charge is 0.0640 e. The van der Waals surface area contributed by atoms with Gasteiger partial charge in [-0.25, -0.2) is 0 Å². The molecule has 0 saturated carbocycles. The predicted octanol–water partition coefficient (Wildman–Crippen LogP) is 4.76. The first-order chi connectivity index (χ1) is 9.47. The van der Waals surface area contributed by atoms with Gasteiger partial charge < -0.3 is 10.2 Å². The van der Waals surface area contributed by atoms with Crippen molar-refractivity contribution in [2.45, 2.75) is 45.7 Å². The molecule has 0 aliphatic carbocycles. The van der Waals surface area contributed by atoms with Gasteiger partial charge in [-0.15, -0.1) is 0 Å². The van der Waals surface area contributed by atoms with Crippen LogP contribution in [0.2, 0.25) is 10.0 Å². The van der Waals surface area contributed by atoms with Crippen LogP contribution in [-0.2, 0) is 0 Å².